The fraction of sp³-hybridized carbons (Fsp3) is 0.750. The molecule has 92 valence electrons. The molecule has 16 heavy (non-hydrogen) atoms. The van der Waals surface area contributed by atoms with Gasteiger partial charge in [-0.2, -0.15) is 0 Å². The third kappa shape index (κ3) is 4.84. The van der Waals surface area contributed by atoms with Gasteiger partial charge in [0.1, 0.15) is 0 Å². The lowest BCUT2D eigenvalue weighted by Gasteiger charge is -2.09. The van der Waals surface area contributed by atoms with Crippen LogP contribution in [0.15, 0.2) is 0 Å². The first-order chi connectivity index (χ1) is 7.39. The van der Waals surface area contributed by atoms with Crippen molar-refractivity contribution in [2.24, 2.45) is 0 Å². The van der Waals surface area contributed by atoms with Gasteiger partial charge in [-0.1, -0.05) is 0 Å². The summed E-state index contributed by atoms with van der Waals surface area (Å²) in [5, 5.41) is 10.9. The highest BCUT2D eigenvalue weighted by molar-refractivity contribution is 8.00. The Bertz CT molecular complexity index is 378. The van der Waals surface area contributed by atoms with Crippen LogP contribution in [0.1, 0.15) is 6.42 Å². The summed E-state index contributed by atoms with van der Waals surface area (Å²) in [4.78, 5) is 21.5. The molecule has 0 spiro atoms. The first-order valence-electron chi connectivity index (χ1n) is 4.68. The molecule has 0 aromatic rings. The summed E-state index contributed by atoms with van der Waals surface area (Å²) in [6, 6.07) is -0.317. The van der Waals surface area contributed by atoms with Gasteiger partial charge in [0.2, 0.25) is 5.91 Å². The lowest BCUT2D eigenvalue weighted by Crippen LogP contribution is -2.36. The third-order valence-electron chi connectivity index (χ3n) is 2.06. The fourth-order valence-electron chi connectivity index (χ4n) is 1.41. The predicted molar refractivity (Wildman–Crippen MR) is 60.2 cm³/mol. The lowest BCUT2D eigenvalue weighted by atomic mass is 10.3. The molecule has 1 fully saturated rings. The van der Waals surface area contributed by atoms with E-state index in [4.69, 9.17) is 5.11 Å². The van der Waals surface area contributed by atoms with E-state index in [1.54, 1.807) is 0 Å². The van der Waals surface area contributed by atoms with Gasteiger partial charge in [0.05, 0.1) is 23.0 Å². The highest BCUT2D eigenvalue weighted by Gasteiger charge is 2.28. The number of nitrogens with one attached hydrogen (secondary N) is 1. The molecule has 0 radical (unpaired) electrons. The van der Waals surface area contributed by atoms with Gasteiger partial charge in [-0.3, -0.25) is 9.59 Å². The Hall–Kier alpha value is -0.760. The summed E-state index contributed by atoms with van der Waals surface area (Å²) in [6.45, 7) is 0. The van der Waals surface area contributed by atoms with Gasteiger partial charge < -0.3 is 10.4 Å². The average molecular weight is 267 g/mol. The largest absolute Gasteiger partial charge is 0.481 e. The van der Waals surface area contributed by atoms with Gasteiger partial charge in [0.15, 0.2) is 9.84 Å². The first kappa shape index (κ1) is 13.3. The summed E-state index contributed by atoms with van der Waals surface area (Å²) in [5.41, 5.74) is 0. The molecule has 2 N–H and O–H groups in total. The number of hydrogen-bond donors (Lipinski definition) is 2. The van der Waals surface area contributed by atoms with Crippen LogP contribution in [-0.4, -0.2) is 54.5 Å². The van der Waals surface area contributed by atoms with Crippen molar-refractivity contribution in [3.05, 3.63) is 0 Å². The van der Waals surface area contributed by atoms with Crippen molar-refractivity contribution in [3.63, 3.8) is 0 Å². The zero-order valence-corrected chi connectivity index (χ0v) is 10.1. The van der Waals surface area contributed by atoms with E-state index in [2.05, 4.69) is 5.32 Å². The first-order valence-corrected chi connectivity index (χ1v) is 7.66. The number of aliphatic carboxylic acids is 1. The fourth-order valence-corrected chi connectivity index (χ4v) is 3.63. The highest BCUT2D eigenvalue weighted by Crippen LogP contribution is 2.11. The van der Waals surface area contributed by atoms with Crippen LogP contribution in [0, 0.1) is 0 Å². The number of carbonyl (C=O) groups excluding carboxylic acids is 1. The minimum Gasteiger partial charge on any atom is -0.481 e. The third-order valence-corrected chi connectivity index (χ3v) is 4.74. The van der Waals surface area contributed by atoms with Crippen molar-refractivity contribution in [1.29, 1.82) is 0 Å². The van der Waals surface area contributed by atoms with E-state index in [0.717, 1.165) is 11.8 Å². The van der Waals surface area contributed by atoms with Crippen LogP contribution >= 0.6 is 11.8 Å². The molecule has 1 amide bonds. The van der Waals surface area contributed by atoms with Crippen LogP contribution in [0.4, 0.5) is 0 Å². The maximum absolute atomic E-state index is 11.3. The molecule has 0 aromatic carbocycles. The van der Waals surface area contributed by atoms with Crippen LogP contribution < -0.4 is 5.32 Å². The highest BCUT2D eigenvalue weighted by atomic mass is 32.2. The molecule has 1 unspecified atom stereocenters. The smallest absolute Gasteiger partial charge is 0.313 e. The molecule has 1 rings (SSSR count). The van der Waals surface area contributed by atoms with Crippen molar-refractivity contribution < 1.29 is 23.1 Å². The molecule has 1 saturated heterocycles. The average Bonchev–Trinajstić information content (AvgIpc) is 2.44. The van der Waals surface area contributed by atoms with Gasteiger partial charge >= 0.3 is 5.97 Å². The lowest BCUT2D eigenvalue weighted by molar-refractivity contribution is -0.133. The molecule has 1 heterocycles. The van der Waals surface area contributed by atoms with E-state index in [1.807, 2.05) is 0 Å². The maximum Gasteiger partial charge on any atom is 0.313 e. The summed E-state index contributed by atoms with van der Waals surface area (Å²) >= 11 is 0.992. The molecule has 1 aliphatic heterocycles. The van der Waals surface area contributed by atoms with Crippen LogP contribution in [-0.2, 0) is 19.4 Å². The number of rotatable bonds is 5. The number of hydrogen-bond acceptors (Lipinski definition) is 5. The standard InChI is InChI=1S/C8H13NO5S2/c10-7(3-15-4-8(11)12)9-6-1-2-16(13,14)5-6/h6H,1-5H2,(H,9,10)(H,11,12). The van der Waals surface area contributed by atoms with Crippen LogP contribution in [0.2, 0.25) is 0 Å². The number of carbonyl (C=O) groups is 2. The van der Waals surface area contributed by atoms with E-state index in [1.165, 1.54) is 0 Å². The number of sulfone groups is 1. The van der Waals surface area contributed by atoms with Crippen molar-refractivity contribution in [2.45, 2.75) is 12.5 Å². The minimum absolute atomic E-state index is 0.0116. The Kier molecular flexibility index (Phi) is 4.60. The number of amides is 1. The summed E-state index contributed by atoms with van der Waals surface area (Å²) in [6.07, 6.45) is 0.442. The number of carboxylic acid groups (broad SMARTS) is 1. The molecule has 0 saturated carbocycles. The Morgan fingerprint density at radius 3 is 2.56 bits per heavy atom. The maximum atomic E-state index is 11.3. The number of carboxylic acids is 1. The van der Waals surface area contributed by atoms with Crippen molar-refractivity contribution in [3.8, 4) is 0 Å². The Morgan fingerprint density at radius 1 is 1.38 bits per heavy atom. The molecule has 1 aliphatic rings. The summed E-state index contributed by atoms with van der Waals surface area (Å²) in [7, 11) is -2.99. The normalized spacial score (nSPS) is 22.9. The van der Waals surface area contributed by atoms with E-state index < -0.39 is 15.8 Å². The van der Waals surface area contributed by atoms with Crippen LogP contribution in [0.25, 0.3) is 0 Å². The van der Waals surface area contributed by atoms with Gasteiger partial charge in [0.25, 0.3) is 0 Å². The van der Waals surface area contributed by atoms with E-state index >= 15 is 0 Å². The van der Waals surface area contributed by atoms with E-state index in [0.29, 0.717) is 6.42 Å². The van der Waals surface area contributed by atoms with Gasteiger partial charge in [-0.25, -0.2) is 8.42 Å². The van der Waals surface area contributed by atoms with Crippen molar-refractivity contribution in [2.75, 3.05) is 23.0 Å². The molecule has 0 aromatic heterocycles. The summed E-state index contributed by atoms with van der Waals surface area (Å²) < 4.78 is 22.2. The second-order valence-electron chi connectivity index (χ2n) is 3.55. The van der Waals surface area contributed by atoms with E-state index in [-0.39, 0.29) is 35.0 Å². The molecule has 6 nitrogen and oxygen atoms in total. The monoisotopic (exact) mass is 267 g/mol. The van der Waals surface area contributed by atoms with Crippen molar-refractivity contribution in [1.82, 2.24) is 5.32 Å². The molecule has 0 bridgehead atoms. The number of thioether (sulfide) groups is 1. The zero-order chi connectivity index (χ0) is 12.2. The van der Waals surface area contributed by atoms with Gasteiger partial charge in [0, 0.05) is 6.04 Å². The topological polar surface area (TPSA) is 101 Å². The Balaban J connectivity index is 2.23. The molecule has 1 atom stereocenters. The molecular weight excluding hydrogens is 254 g/mol. The Labute approximate surface area is 97.7 Å². The Morgan fingerprint density at radius 2 is 2.06 bits per heavy atom. The summed E-state index contributed by atoms with van der Waals surface area (Å²) in [5.74, 6) is -1.27. The quantitative estimate of drug-likeness (QED) is 0.670. The van der Waals surface area contributed by atoms with Crippen LogP contribution in [0.5, 0.6) is 0 Å². The van der Waals surface area contributed by atoms with Gasteiger partial charge in [-0.05, 0) is 6.42 Å². The SMILES string of the molecule is O=C(O)CSCC(=O)NC1CCS(=O)(=O)C1. The molecule has 0 aliphatic carbocycles. The second kappa shape index (κ2) is 5.53. The van der Waals surface area contributed by atoms with E-state index in [9.17, 15) is 18.0 Å². The minimum atomic E-state index is -2.99. The van der Waals surface area contributed by atoms with Gasteiger partial charge in [-0.15, -0.1) is 11.8 Å². The molecule has 8 heteroatoms. The molecular formula is C8H13NO5S2. The predicted octanol–water partition coefficient (Wildman–Crippen LogP) is -0.892. The second-order valence-corrected chi connectivity index (χ2v) is 6.77. The zero-order valence-electron chi connectivity index (χ0n) is 8.51. The van der Waals surface area contributed by atoms with Crippen LogP contribution in [0.3, 0.4) is 0 Å². The van der Waals surface area contributed by atoms with Crippen molar-refractivity contribution >= 4 is 33.5 Å².